The number of nitrogens with one attached hydrogen (secondary N) is 1. The van der Waals surface area contributed by atoms with Gasteiger partial charge in [-0.05, 0) is 17.3 Å². The molecular weight excluding hydrogens is 263 g/mol. The third kappa shape index (κ3) is 2.90. The number of benzene rings is 1. The third-order valence-electron chi connectivity index (χ3n) is 2.23. The molecule has 2 aromatic rings. The van der Waals surface area contributed by atoms with E-state index in [1.807, 2.05) is 0 Å². The first-order valence-electron chi connectivity index (χ1n) is 5.16. The molecule has 0 saturated carbocycles. The molecule has 19 heavy (non-hydrogen) atoms. The summed E-state index contributed by atoms with van der Waals surface area (Å²) < 4.78 is 42.8. The highest BCUT2D eigenvalue weighted by atomic mass is 19.4. The molecule has 2 rings (SSSR count). The minimum absolute atomic E-state index is 0.181. The van der Waals surface area contributed by atoms with Crippen molar-refractivity contribution < 1.29 is 22.5 Å². The van der Waals surface area contributed by atoms with E-state index in [-0.39, 0.29) is 11.8 Å². The number of halogens is 3. The second-order valence-corrected chi connectivity index (χ2v) is 3.63. The standard InChI is InChI=1S/C11H8F3N3O2/c1-6-15-10(17-19-6)16-9(18)7-4-2-3-5-8(7)11(12,13)14/h2-5H,1H3,(H,16,17,18). The van der Waals surface area contributed by atoms with Crippen LogP contribution < -0.4 is 5.32 Å². The molecular formula is C11H8F3N3O2. The van der Waals surface area contributed by atoms with Gasteiger partial charge >= 0.3 is 6.18 Å². The fourth-order valence-electron chi connectivity index (χ4n) is 1.45. The average Bonchev–Trinajstić information content (AvgIpc) is 2.73. The number of hydrogen-bond donors (Lipinski definition) is 1. The third-order valence-corrected chi connectivity index (χ3v) is 2.23. The van der Waals surface area contributed by atoms with Gasteiger partial charge in [0.05, 0.1) is 11.1 Å². The molecule has 0 aliphatic rings. The molecule has 1 aromatic carbocycles. The van der Waals surface area contributed by atoms with Crippen molar-refractivity contribution in [1.82, 2.24) is 10.1 Å². The molecule has 0 spiro atoms. The number of amides is 1. The van der Waals surface area contributed by atoms with Crippen LogP contribution in [-0.2, 0) is 6.18 Å². The summed E-state index contributed by atoms with van der Waals surface area (Å²) in [6.07, 6.45) is -4.61. The lowest BCUT2D eigenvalue weighted by Gasteiger charge is -2.11. The topological polar surface area (TPSA) is 68.0 Å². The summed E-state index contributed by atoms with van der Waals surface area (Å²) in [4.78, 5) is 15.4. The van der Waals surface area contributed by atoms with Gasteiger partial charge < -0.3 is 4.52 Å². The summed E-state index contributed by atoms with van der Waals surface area (Å²) in [5.41, 5.74) is -1.52. The molecule has 0 aliphatic carbocycles. The van der Waals surface area contributed by atoms with E-state index in [0.29, 0.717) is 0 Å². The van der Waals surface area contributed by atoms with E-state index in [4.69, 9.17) is 0 Å². The van der Waals surface area contributed by atoms with Crippen molar-refractivity contribution >= 4 is 11.9 Å². The molecule has 0 atom stereocenters. The Balaban J connectivity index is 2.29. The minimum atomic E-state index is -4.61. The van der Waals surface area contributed by atoms with Crippen LogP contribution in [0.4, 0.5) is 19.1 Å². The number of carbonyl (C=O) groups excluding carboxylic acids is 1. The first kappa shape index (κ1) is 13.1. The van der Waals surface area contributed by atoms with Crippen molar-refractivity contribution in [3.8, 4) is 0 Å². The molecule has 5 nitrogen and oxygen atoms in total. The summed E-state index contributed by atoms with van der Waals surface area (Å²) in [6.45, 7) is 1.49. The molecule has 1 heterocycles. The van der Waals surface area contributed by atoms with Gasteiger partial charge in [0.2, 0.25) is 5.89 Å². The van der Waals surface area contributed by atoms with E-state index in [1.54, 1.807) is 0 Å². The van der Waals surface area contributed by atoms with Gasteiger partial charge in [-0.25, -0.2) is 0 Å². The zero-order chi connectivity index (χ0) is 14.0. The van der Waals surface area contributed by atoms with E-state index in [0.717, 1.165) is 12.1 Å². The molecule has 100 valence electrons. The Morgan fingerprint density at radius 2 is 2.00 bits per heavy atom. The lowest BCUT2D eigenvalue weighted by molar-refractivity contribution is -0.137. The molecule has 1 amide bonds. The SMILES string of the molecule is Cc1nc(NC(=O)c2ccccc2C(F)(F)F)no1. The predicted octanol–water partition coefficient (Wildman–Crippen LogP) is 2.65. The van der Waals surface area contributed by atoms with Gasteiger partial charge in [0.15, 0.2) is 0 Å². The van der Waals surface area contributed by atoms with Gasteiger partial charge in [-0.15, -0.1) is 0 Å². The second kappa shape index (κ2) is 4.71. The summed E-state index contributed by atoms with van der Waals surface area (Å²) >= 11 is 0. The number of alkyl halides is 3. The van der Waals surface area contributed by atoms with E-state index in [2.05, 4.69) is 20.0 Å². The predicted molar refractivity (Wildman–Crippen MR) is 58.4 cm³/mol. The van der Waals surface area contributed by atoms with Crippen LogP contribution in [0.3, 0.4) is 0 Å². The Hall–Kier alpha value is -2.38. The van der Waals surface area contributed by atoms with E-state index in [9.17, 15) is 18.0 Å². The second-order valence-electron chi connectivity index (χ2n) is 3.63. The Labute approximate surface area is 105 Å². The van der Waals surface area contributed by atoms with Crippen LogP contribution in [0.15, 0.2) is 28.8 Å². The number of hydrogen-bond acceptors (Lipinski definition) is 4. The van der Waals surface area contributed by atoms with E-state index >= 15 is 0 Å². The Bertz CT molecular complexity index is 607. The number of anilines is 1. The first-order valence-corrected chi connectivity index (χ1v) is 5.16. The molecule has 0 unspecified atom stereocenters. The van der Waals surface area contributed by atoms with Gasteiger partial charge in [0.1, 0.15) is 0 Å². The van der Waals surface area contributed by atoms with Gasteiger partial charge in [0, 0.05) is 6.92 Å². The molecule has 0 bridgehead atoms. The van der Waals surface area contributed by atoms with Crippen LogP contribution in [0, 0.1) is 6.92 Å². The molecule has 0 fully saturated rings. The quantitative estimate of drug-likeness (QED) is 0.911. The van der Waals surface area contributed by atoms with Crippen LogP contribution >= 0.6 is 0 Å². The summed E-state index contributed by atoms with van der Waals surface area (Å²) in [5.74, 6) is -0.937. The van der Waals surface area contributed by atoms with Crippen LogP contribution in [0.25, 0.3) is 0 Å². The minimum Gasteiger partial charge on any atom is -0.338 e. The highest BCUT2D eigenvalue weighted by Gasteiger charge is 2.35. The van der Waals surface area contributed by atoms with Crippen molar-refractivity contribution in [3.05, 3.63) is 41.3 Å². The van der Waals surface area contributed by atoms with Gasteiger partial charge in [-0.2, -0.15) is 18.2 Å². The van der Waals surface area contributed by atoms with Crippen molar-refractivity contribution in [1.29, 1.82) is 0 Å². The molecule has 0 radical (unpaired) electrons. The normalized spacial score (nSPS) is 11.4. The fourth-order valence-corrected chi connectivity index (χ4v) is 1.45. The Kier molecular flexibility index (Phi) is 3.24. The molecule has 0 saturated heterocycles. The van der Waals surface area contributed by atoms with Crippen molar-refractivity contribution in [2.75, 3.05) is 5.32 Å². The maximum Gasteiger partial charge on any atom is 0.417 e. The first-order chi connectivity index (χ1) is 8.88. The van der Waals surface area contributed by atoms with Crippen molar-refractivity contribution in [2.45, 2.75) is 13.1 Å². The van der Waals surface area contributed by atoms with E-state index in [1.165, 1.54) is 19.1 Å². The lowest BCUT2D eigenvalue weighted by Crippen LogP contribution is -2.19. The molecule has 8 heteroatoms. The lowest BCUT2D eigenvalue weighted by atomic mass is 10.1. The van der Waals surface area contributed by atoms with Gasteiger partial charge in [-0.3, -0.25) is 10.1 Å². The smallest absolute Gasteiger partial charge is 0.338 e. The zero-order valence-electron chi connectivity index (χ0n) is 9.65. The van der Waals surface area contributed by atoms with E-state index < -0.39 is 23.2 Å². The highest BCUT2D eigenvalue weighted by molar-refractivity contribution is 6.04. The summed E-state index contributed by atoms with van der Waals surface area (Å²) in [6, 6.07) is 4.45. The average molecular weight is 271 g/mol. The fraction of sp³-hybridized carbons (Fsp3) is 0.182. The maximum atomic E-state index is 12.7. The number of carbonyl (C=O) groups is 1. The number of rotatable bonds is 2. The Morgan fingerprint density at radius 3 is 2.58 bits per heavy atom. The maximum absolute atomic E-state index is 12.7. The highest BCUT2D eigenvalue weighted by Crippen LogP contribution is 2.32. The summed E-state index contributed by atoms with van der Waals surface area (Å²) in [7, 11) is 0. The molecule has 1 aromatic heterocycles. The van der Waals surface area contributed by atoms with Crippen LogP contribution in [0.1, 0.15) is 21.8 Å². The van der Waals surface area contributed by atoms with Crippen molar-refractivity contribution in [3.63, 3.8) is 0 Å². The van der Waals surface area contributed by atoms with Crippen LogP contribution in [0.2, 0.25) is 0 Å². The zero-order valence-corrected chi connectivity index (χ0v) is 9.65. The largest absolute Gasteiger partial charge is 0.417 e. The number of aryl methyl sites for hydroxylation is 1. The Morgan fingerprint density at radius 1 is 1.32 bits per heavy atom. The molecule has 0 aliphatic heterocycles. The van der Waals surface area contributed by atoms with Gasteiger partial charge in [0.25, 0.3) is 11.9 Å². The number of nitrogens with zero attached hydrogens (tertiary/aromatic N) is 2. The van der Waals surface area contributed by atoms with Crippen LogP contribution in [0.5, 0.6) is 0 Å². The summed E-state index contributed by atoms with van der Waals surface area (Å²) in [5, 5.41) is 5.51. The monoisotopic (exact) mass is 271 g/mol. The van der Waals surface area contributed by atoms with Crippen LogP contribution in [-0.4, -0.2) is 16.0 Å². The molecule has 1 N–H and O–H groups in total. The number of aromatic nitrogens is 2. The van der Waals surface area contributed by atoms with Gasteiger partial charge in [-0.1, -0.05) is 12.1 Å². The van der Waals surface area contributed by atoms with Crippen molar-refractivity contribution in [2.24, 2.45) is 0 Å².